The lowest BCUT2D eigenvalue weighted by Crippen LogP contribution is -2.31. The van der Waals surface area contributed by atoms with Gasteiger partial charge >= 0.3 is 0 Å². The highest BCUT2D eigenvalue weighted by molar-refractivity contribution is 5.75. The summed E-state index contributed by atoms with van der Waals surface area (Å²) < 4.78 is 0. The summed E-state index contributed by atoms with van der Waals surface area (Å²) in [6.45, 7) is 2.56. The van der Waals surface area contributed by atoms with E-state index in [-0.39, 0.29) is 12.1 Å². The van der Waals surface area contributed by atoms with Gasteiger partial charge in [0.05, 0.1) is 5.54 Å². The van der Waals surface area contributed by atoms with Crippen LogP contribution in [0.3, 0.4) is 0 Å². The third-order valence-corrected chi connectivity index (χ3v) is 2.42. The average molecular weight is 197 g/mol. The largest absolute Gasteiger partial charge is 0.396 e. The van der Waals surface area contributed by atoms with Gasteiger partial charge in [-0.15, -0.1) is 0 Å². The molecule has 0 saturated carbocycles. The molecule has 0 amide bonds. The quantitative estimate of drug-likeness (QED) is 0.490. The van der Waals surface area contributed by atoms with Crippen LogP contribution in [0.25, 0.3) is 0 Å². The maximum absolute atomic E-state index is 8.95. The number of nitrogens with zero attached hydrogens (tertiary/aromatic N) is 1. The van der Waals surface area contributed by atoms with E-state index < -0.39 is 0 Å². The van der Waals surface area contributed by atoms with Crippen LogP contribution < -0.4 is 11.1 Å². The number of aliphatic hydroxyl groups is 1. The smallest absolute Gasteiger partial charge is 0.0825 e. The molecule has 4 N–H and O–H groups in total. The molecule has 1 heterocycles. The topological polar surface area (TPSA) is 70.6 Å². The van der Waals surface area contributed by atoms with Gasteiger partial charge in [0.25, 0.3) is 0 Å². The zero-order chi connectivity index (χ0) is 10.3. The molecule has 1 unspecified atom stereocenters. The molecule has 0 radical (unpaired) electrons. The van der Waals surface area contributed by atoms with Gasteiger partial charge in [-0.25, -0.2) is 0 Å². The van der Waals surface area contributed by atoms with Gasteiger partial charge in [0, 0.05) is 25.9 Å². The number of rotatable bonds is 7. The zero-order valence-corrected chi connectivity index (χ0v) is 8.45. The van der Waals surface area contributed by atoms with Gasteiger partial charge in [-0.05, 0) is 25.5 Å². The van der Waals surface area contributed by atoms with Crippen LogP contribution in [0.4, 0.5) is 0 Å². The molecule has 0 aromatic carbocycles. The van der Waals surface area contributed by atoms with Gasteiger partial charge in [0.1, 0.15) is 0 Å². The van der Waals surface area contributed by atoms with Crippen LogP contribution in [0, 0.1) is 0 Å². The first-order valence-electron chi connectivity index (χ1n) is 5.08. The first-order chi connectivity index (χ1) is 6.83. The standard InChI is InChI=1S/C10H19N3O/c11-5-8-12-7-3-10(4-9-14)2-1-6-13-10/h1-2,6,12,14H,3-5,7-9,11H2. The number of aliphatic imine (C=N–C) groups is 1. The summed E-state index contributed by atoms with van der Waals surface area (Å²) >= 11 is 0. The van der Waals surface area contributed by atoms with Crippen LogP contribution in [0.15, 0.2) is 17.1 Å². The Bertz CT molecular complexity index is 201. The van der Waals surface area contributed by atoms with Gasteiger partial charge < -0.3 is 16.2 Å². The Morgan fingerprint density at radius 3 is 2.79 bits per heavy atom. The SMILES string of the molecule is NCCNCCC1(CCO)C=CC=N1. The lowest BCUT2D eigenvalue weighted by molar-refractivity contribution is 0.253. The molecule has 1 aliphatic rings. The van der Waals surface area contributed by atoms with E-state index in [0.717, 1.165) is 19.5 Å². The molecule has 0 aliphatic carbocycles. The molecule has 0 aromatic rings. The van der Waals surface area contributed by atoms with Crippen molar-refractivity contribution < 1.29 is 5.11 Å². The molecule has 80 valence electrons. The Morgan fingerprint density at radius 1 is 1.36 bits per heavy atom. The maximum atomic E-state index is 8.95. The summed E-state index contributed by atoms with van der Waals surface area (Å²) in [5, 5.41) is 12.2. The van der Waals surface area contributed by atoms with E-state index in [9.17, 15) is 0 Å². The number of nitrogens with two attached hydrogens (primary N) is 1. The second kappa shape index (κ2) is 5.90. The predicted molar refractivity (Wildman–Crippen MR) is 58.6 cm³/mol. The highest BCUT2D eigenvalue weighted by Crippen LogP contribution is 2.24. The van der Waals surface area contributed by atoms with E-state index in [2.05, 4.69) is 16.4 Å². The molecule has 0 bridgehead atoms. The van der Waals surface area contributed by atoms with Crippen molar-refractivity contribution in [1.82, 2.24) is 5.32 Å². The molecule has 0 spiro atoms. The normalized spacial score (nSPS) is 24.7. The Labute approximate surface area is 84.9 Å². The second-order valence-corrected chi connectivity index (χ2v) is 3.50. The Morgan fingerprint density at radius 2 is 2.21 bits per heavy atom. The molecule has 0 saturated heterocycles. The van der Waals surface area contributed by atoms with Gasteiger partial charge in [-0.1, -0.05) is 6.08 Å². The molecular formula is C10H19N3O. The van der Waals surface area contributed by atoms with Crippen molar-refractivity contribution in [2.24, 2.45) is 10.7 Å². The minimum Gasteiger partial charge on any atom is -0.396 e. The van der Waals surface area contributed by atoms with Gasteiger partial charge in [-0.3, -0.25) is 4.99 Å². The summed E-state index contributed by atoms with van der Waals surface area (Å²) in [4.78, 5) is 4.39. The summed E-state index contributed by atoms with van der Waals surface area (Å²) in [5.41, 5.74) is 5.20. The summed E-state index contributed by atoms with van der Waals surface area (Å²) in [5.74, 6) is 0. The Hall–Kier alpha value is -0.710. The van der Waals surface area contributed by atoms with E-state index in [1.165, 1.54) is 0 Å². The van der Waals surface area contributed by atoms with E-state index in [4.69, 9.17) is 10.8 Å². The Balaban J connectivity index is 2.30. The van der Waals surface area contributed by atoms with E-state index in [0.29, 0.717) is 13.0 Å². The van der Waals surface area contributed by atoms with Crippen molar-refractivity contribution in [2.45, 2.75) is 18.4 Å². The van der Waals surface area contributed by atoms with Crippen LogP contribution in [-0.2, 0) is 0 Å². The Kier molecular flexibility index (Phi) is 4.79. The van der Waals surface area contributed by atoms with E-state index in [1.807, 2.05) is 6.08 Å². The third kappa shape index (κ3) is 3.21. The summed E-state index contributed by atoms with van der Waals surface area (Å²) in [7, 11) is 0. The maximum Gasteiger partial charge on any atom is 0.0825 e. The zero-order valence-electron chi connectivity index (χ0n) is 8.45. The molecule has 0 fully saturated rings. The molecule has 1 rings (SSSR count). The van der Waals surface area contributed by atoms with Crippen molar-refractivity contribution in [3.05, 3.63) is 12.2 Å². The van der Waals surface area contributed by atoms with Gasteiger partial charge in [0.2, 0.25) is 0 Å². The average Bonchev–Trinajstić information content (AvgIpc) is 2.63. The van der Waals surface area contributed by atoms with Crippen LogP contribution in [-0.4, -0.2) is 43.1 Å². The number of allylic oxidation sites excluding steroid dienone is 1. The lowest BCUT2D eigenvalue weighted by Gasteiger charge is -2.23. The van der Waals surface area contributed by atoms with E-state index >= 15 is 0 Å². The highest BCUT2D eigenvalue weighted by atomic mass is 16.3. The molecule has 0 aromatic heterocycles. The summed E-state index contributed by atoms with van der Waals surface area (Å²) in [6.07, 6.45) is 7.43. The van der Waals surface area contributed by atoms with Crippen molar-refractivity contribution in [2.75, 3.05) is 26.2 Å². The van der Waals surface area contributed by atoms with Gasteiger partial charge in [0.15, 0.2) is 0 Å². The van der Waals surface area contributed by atoms with Crippen LogP contribution in [0.5, 0.6) is 0 Å². The first-order valence-corrected chi connectivity index (χ1v) is 5.08. The summed E-state index contributed by atoms with van der Waals surface area (Å²) in [6, 6.07) is 0. The van der Waals surface area contributed by atoms with Crippen molar-refractivity contribution in [3.63, 3.8) is 0 Å². The van der Waals surface area contributed by atoms with Crippen molar-refractivity contribution >= 4 is 6.21 Å². The van der Waals surface area contributed by atoms with Crippen LogP contribution in [0.2, 0.25) is 0 Å². The number of nitrogens with one attached hydrogen (secondary N) is 1. The minimum atomic E-state index is -0.170. The van der Waals surface area contributed by atoms with Gasteiger partial charge in [-0.2, -0.15) is 0 Å². The fraction of sp³-hybridized carbons (Fsp3) is 0.700. The predicted octanol–water partition coefficient (Wildman–Crippen LogP) is -0.313. The number of hydrogen-bond acceptors (Lipinski definition) is 4. The number of aliphatic hydroxyl groups excluding tert-OH is 1. The van der Waals surface area contributed by atoms with Crippen LogP contribution >= 0.6 is 0 Å². The van der Waals surface area contributed by atoms with E-state index in [1.54, 1.807) is 6.21 Å². The fourth-order valence-electron chi connectivity index (χ4n) is 1.60. The molecular weight excluding hydrogens is 178 g/mol. The molecule has 14 heavy (non-hydrogen) atoms. The second-order valence-electron chi connectivity index (χ2n) is 3.50. The number of hydrogen-bond donors (Lipinski definition) is 3. The fourth-order valence-corrected chi connectivity index (χ4v) is 1.60. The van der Waals surface area contributed by atoms with Crippen molar-refractivity contribution in [1.29, 1.82) is 0 Å². The molecule has 4 heteroatoms. The van der Waals surface area contributed by atoms with Crippen LogP contribution in [0.1, 0.15) is 12.8 Å². The monoisotopic (exact) mass is 197 g/mol. The minimum absolute atomic E-state index is 0.170. The van der Waals surface area contributed by atoms with Crippen molar-refractivity contribution in [3.8, 4) is 0 Å². The lowest BCUT2D eigenvalue weighted by atomic mass is 9.93. The molecule has 4 nitrogen and oxygen atoms in total. The first kappa shape index (κ1) is 11.4. The third-order valence-electron chi connectivity index (χ3n) is 2.42. The highest BCUT2D eigenvalue weighted by Gasteiger charge is 2.26. The molecule has 1 aliphatic heterocycles. The molecule has 1 atom stereocenters.